The van der Waals surface area contributed by atoms with Gasteiger partial charge in [0.1, 0.15) is 5.75 Å². The van der Waals surface area contributed by atoms with Crippen molar-refractivity contribution in [1.82, 2.24) is 5.32 Å². The van der Waals surface area contributed by atoms with E-state index in [0.29, 0.717) is 0 Å². The molecule has 0 bridgehead atoms. The van der Waals surface area contributed by atoms with Crippen LogP contribution in [0.15, 0.2) is 18.2 Å². The summed E-state index contributed by atoms with van der Waals surface area (Å²) in [5, 5.41) is 3.41. The second kappa shape index (κ2) is 5.41. The van der Waals surface area contributed by atoms with E-state index < -0.39 is 0 Å². The second-order valence-corrected chi connectivity index (χ2v) is 4.91. The zero-order chi connectivity index (χ0) is 12.3. The van der Waals surface area contributed by atoms with Crippen molar-refractivity contribution in [2.24, 2.45) is 5.92 Å². The normalized spacial score (nSPS) is 19.4. The van der Waals surface area contributed by atoms with Gasteiger partial charge < -0.3 is 15.0 Å². The van der Waals surface area contributed by atoms with E-state index in [2.05, 4.69) is 36.3 Å². The van der Waals surface area contributed by atoms with Gasteiger partial charge in [0.15, 0.2) is 0 Å². The van der Waals surface area contributed by atoms with Crippen LogP contribution in [0.1, 0.15) is 12.0 Å². The Morgan fingerprint density at radius 3 is 2.94 bits per heavy atom. The molecule has 0 amide bonds. The molecule has 1 aliphatic heterocycles. The van der Waals surface area contributed by atoms with Gasteiger partial charge in [-0.2, -0.15) is 0 Å². The molecule has 1 saturated heterocycles. The van der Waals surface area contributed by atoms with Gasteiger partial charge in [0.25, 0.3) is 0 Å². The zero-order valence-electron chi connectivity index (χ0n) is 11.0. The van der Waals surface area contributed by atoms with Crippen molar-refractivity contribution < 1.29 is 4.74 Å². The Morgan fingerprint density at radius 1 is 1.47 bits per heavy atom. The summed E-state index contributed by atoms with van der Waals surface area (Å²) in [5.41, 5.74) is 2.47. The predicted molar refractivity (Wildman–Crippen MR) is 72.0 cm³/mol. The first-order valence-electron chi connectivity index (χ1n) is 6.27. The predicted octanol–water partition coefficient (Wildman–Crippen LogP) is 2.05. The third kappa shape index (κ3) is 2.91. The Morgan fingerprint density at radius 2 is 2.29 bits per heavy atom. The average molecular weight is 234 g/mol. The van der Waals surface area contributed by atoms with Crippen molar-refractivity contribution >= 4 is 5.69 Å². The molecule has 0 aromatic heterocycles. The topological polar surface area (TPSA) is 24.5 Å². The van der Waals surface area contributed by atoms with Gasteiger partial charge in [-0.05, 0) is 50.0 Å². The lowest BCUT2D eigenvalue weighted by Crippen LogP contribution is -2.27. The summed E-state index contributed by atoms with van der Waals surface area (Å²) in [6.45, 7) is 5.50. The summed E-state index contributed by atoms with van der Waals surface area (Å²) in [5.74, 6) is 1.72. The van der Waals surface area contributed by atoms with Gasteiger partial charge in [0, 0.05) is 13.6 Å². The summed E-state index contributed by atoms with van der Waals surface area (Å²) in [6.07, 6.45) is 1.28. The fourth-order valence-electron chi connectivity index (χ4n) is 2.45. The third-order valence-electron chi connectivity index (χ3n) is 3.44. The van der Waals surface area contributed by atoms with Crippen LogP contribution < -0.4 is 15.0 Å². The van der Waals surface area contributed by atoms with E-state index in [-0.39, 0.29) is 0 Å². The molecule has 0 spiro atoms. The molecule has 0 radical (unpaired) electrons. The molecule has 1 atom stereocenters. The third-order valence-corrected chi connectivity index (χ3v) is 3.44. The molecule has 3 heteroatoms. The molecule has 0 aliphatic carbocycles. The Bertz CT molecular complexity index is 372. The Hall–Kier alpha value is -1.22. The molecule has 1 aliphatic rings. The van der Waals surface area contributed by atoms with Gasteiger partial charge in [-0.25, -0.2) is 0 Å². The number of benzene rings is 1. The highest BCUT2D eigenvalue weighted by molar-refractivity contribution is 5.59. The van der Waals surface area contributed by atoms with Crippen LogP contribution >= 0.6 is 0 Å². The van der Waals surface area contributed by atoms with Gasteiger partial charge in [-0.15, -0.1) is 0 Å². The van der Waals surface area contributed by atoms with Crippen LogP contribution in [0.3, 0.4) is 0 Å². The lowest BCUT2D eigenvalue weighted by atomic mass is 10.1. The first kappa shape index (κ1) is 12.2. The molecule has 1 N–H and O–H groups in total. The van der Waals surface area contributed by atoms with Crippen LogP contribution in [0.2, 0.25) is 0 Å². The molecule has 1 heterocycles. The maximum absolute atomic E-state index is 5.43. The molecule has 1 fully saturated rings. The molecule has 17 heavy (non-hydrogen) atoms. The number of hydrogen-bond donors (Lipinski definition) is 1. The lowest BCUT2D eigenvalue weighted by Gasteiger charge is -2.25. The van der Waals surface area contributed by atoms with E-state index in [1.807, 2.05) is 6.07 Å². The number of nitrogens with one attached hydrogen (secondary N) is 1. The van der Waals surface area contributed by atoms with Crippen molar-refractivity contribution in [3.05, 3.63) is 23.8 Å². The van der Waals surface area contributed by atoms with Gasteiger partial charge in [0.05, 0.1) is 12.8 Å². The average Bonchev–Trinajstić information content (AvgIpc) is 2.81. The number of aryl methyl sites for hydroxylation is 1. The maximum atomic E-state index is 5.43. The number of ether oxygens (including phenoxy) is 1. The minimum atomic E-state index is 0.755. The zero-order valence-corrected chi connectivity index (χ0v) is 11.0. The van der Waals surface area contributed by atoms with Crippen molar-refractivity contribution in [3.63, 3.8) is 0 Å². The summed E-state index contributed by atoms with van der Waals surface area (Å²) in [7, 11) is 3.88. The number of rotatable bonds is 4. The minimum absolute atomic E-state index is 0.755. The van der Waals surface area contributed by atoms with Gasteiger partial charge in [0.2, 0.25) is 0 Å². The standard InChI is InChI=1S/C14H22N2O/c1-11-4-5-14(17-3)13(8-11)16(2)10-12-6-7-15-9-12/h4-5,8,12,15H,6-7,9-10H2,1-3H3. The van der Waals surface area contributed by atoms with E-state index in [4.69, 9.17) is 4.74 Å². The van der Waals surface area contributed by atoms with Crippen molar-refractivity contribution in [1.29, 1.82) is 0 Å². The molecule has 1 aromatic carbocycles. The van der Waals surface area contributed by atoms with Crippen LogP contribution in [0, 0.1) is 12.8 Å². The van der Waals surface area contributed by atoms with Crippen molar-refractivity contribution in [3.8, 4) is 5.75 Å². The Kier molecular flexibility index (Phi) is 3.89. The fourth-order valence-corrected chi connectivity index (χ4v) is 2.45. The van der Waals surface area contributed by atoms with E-state index in [9.17, 15) is 0 Å². The molecular weight excluding hydrogens is 212 g/mol. The quantitative estimate of drug-likeness (QED) is 0.863. The molecule has 1 unspecified atom stereocenters. The molecule has 94 valence electrons. The fraction of sp³-hybridized carbons (Fsp3) is 0.571. The summed E-state index contributed by atoms with van der Waals surface area (Å²) >= 11 is 0. The van der Waals surface area contributed by atoms with Gasteiger partial charge >= 0.3 is 0 Å². The number of nitrogens with zero attached hydrogens (tertiary/aromatic N) is 1. The van der Waals surface area contributed by atoms with Crippen LogP contribution in [0.4, 0.5) is 5.69 Å². The Balaban J connectivity index is 2.11. The monoisotopic (exact) mass is 234 g/mol. The van der Waals surface area contributed by atoms with Crippen LogP contribution in [-0.4, -0.2) is 33.8 Å². The van der Waals surface area contributed by atoms with Crippen LogP contribution in [0.5, 0.6) is 5.75 Å². The number of anilines is 1. The SMILES string of the molecule is COc1ccc(C)cc1N(C)CC1CCNC1. The molecule has 3 nitrogen and oxygen atoms in total. The highest BCUT2D eigenvalue weighted by Crippen LogP contribution is 2.29. The van der Waals surface area contributed by atoms with Crippen LogP contribution in [-0.2, 0) is 0 Å². The first-order valence-corrected chi connectivity index (χ1v) is 6.27. The first-order chi connectivity index (χ1) is 8.20. The highest BCUT2D eigenvalue weighted by Gasteiger charge is 2.18. The van der Waals surface area contributed by atoms with Crippen molar-refractivity contribution in [2.75, 3.05) is 38.7 Å². The Labute approximate surface area is 104 Å². The summed E-state index contributed by atoms with van der Waals surface area (Å²) in [6, 6.07) is 6.34. The van der Waals surface area contributed by atoms with E-state index in [1.165, 1.54) is 17.7 Å². The molecule has 0 saturated carbocycles. The molecule has 1 aromatic rings. The summed E-state index contributed by atoms with van der Waals surface area (Å²) < 4.78 is 5.43. The second-order valence-electron chi connectivity index (χ2n) is 4.91. The highest BCUT2D eigenvalue weighted by atomic mass is 16.5. The number of hydrogen-bond acceptors (Lipinski definition) is 3. The maximum Gasteiger partial charge on any atom is 0.142 e. The summed E-state index contributed by atoms with van der Waals surface area (Å²) in [4.78, 5) is 2.31. The van der Waals surface area contributed by atoms with Gasteiger partial charge in [-0.1, -0.05) is 6.07 Å². The van der Waals surface area contributed by atoms with E-state index >= 15 is 0 Å². The van der Waals surface area contributed by atoms with Gasteiger partial charge in [-0.3, -0.25) is 0 Å². The minimum Gasteiger partial charge on any atom is -0.495 e. The largest absolute Gasteiger partial charge is 0.495 e. The van der Waals surface area contributed by atoms with E-state index in [1.54, 1.807) is 7.11 Å². The molecule has 2 rings (SSSR count). The lowest BCUT2D eigenvalue weighted by molar-refractivity contribution is 0.414. The van der Waals surface area contributed by atoms with Crippen molar-refractivity contribution in [2.45, 2.75) is 13.3 Å². The smallest absolute Gasteiger partial charge is 0.142 e. The van der Waals surface area contributed by atoms with Crippen LogP contribution in [0.25, 0.3) is 0 Å². The number of methoxy groups -OCH3 is 1. The molecular formula is C14H22N2O. The van der Waals surface area contributed by atoms with E-state index in [0.717, 1.165) is 31.3 Å².